The number of rotatable bonds is 4. The number of thiazole rings is 1. The highest BCUT2D eigenvalue weighted by atomic mass is 32.1. The summed E-state index contributed by atoms with van der Waals surface area (Å²) < 4.78 is 1.69. The fraction of sp³-hybridized carbons (Fsp3) is 0.333. The summed E-state index contributed by atoms with van der Waals surface area (Å²) >= 11 is 2.71. The van der Waals surface area contributed by atoms with E-state index < -0.39 is 5.60 Å². The molecule has 9 heteroatoms. The number of aromatic nitrogens is 5. The maximum Gasteiger partial charge on any atom is 0.210 e. The molecule has 1 unspecified atom stereocenters. The molecular weight excluding hydrogens is 308 g/mol. The molecule has 0 saturated heterocycles. The monoisotopic (exact) mass is 322 g/mol. The summed E-state index contributed by atoms with van der Waals surface area (Å²) in [5, 5.41) is 29.6. The van der Waals surface area contributed by atoms with Gasteiger partial charge in [-0.25, -0.2) is 4.98 Å². The second-order valence-corrected chi connectivity index (χ2v) is 6.64. The molecule has 0 radical (unpaired) electrons. The van der Waals surface area contributed by atoms with Crippen molar-refractivity contribution in [3.05, 3.63) is 33.5 Å². The summed E-state index contributed by atoms with van der Waals surface area (Å²) in [6, 6.07) is 0. The largest absolute Gasteiger partial charge is 0.376 e. The van der Waals surface area contributed by atoms with Crippen LogP contribution in [0.3, 0.4) is 0 Å². The molecule has 0 spiro atoms. The SMILES string of the molecule is Cc1csc(C(C)(O)c2nnc(Nc3cnn(C)c3)s2)n1. The highest BCUT2D eigenvalue weighted by molar-refractivity contribution is 7.15. The van der Waals surface area contributed by atoms with E-state index in [4.69, 9.17) is 0 Å². The quantitative estimate of drug-likeness (QED) is 0.764. The lowest BCUT2D eigenvalue weighted by molar-refractivity contribution is 0.101. The van der Waals surface area contributed by atoms with Gasteiger partial charge >= 0.3 is 0 Å². The zero-order valence-electron chi connectivity index (χ0n) is 11.7. The third-order valence-electron chi connectivity index (χ3n) is 2.83. The van der Waals surface area contributed by atoms with Crippen LogP contribution in [-0.2, 0) is 12.6 Å². The average molecular weight is 322 g/mol. The third-order valence-corrected chi connectivity index (χ3v) is 5.05. The van der Waals surface area contributed by atoms with Crippen molar-refractivity contribution in [1.82, 2.24) is 25.0 Å². The molecule has 0 aliphatic rings. The van der Waals surface area contributed by atoms with E-state index in [9.17, 15) is 5.11 Å². The second kappa shape index (κ2) is 5.17. The number of anilines is 2. The summed E-state index contributed by atoms with van der Waals surface area (Å²) in [6.45, 7) is 3.57. The minimum absolute atomic E-state index is 0.503. The highest BCUT2D eigenvalue weighted by Crippen LogP contribution is 2.34. The lowest BCUT2D eigenvalue weighted by atomic mass is 10.1. The highest BCUT2D eigenvalue weighted by Gasteiger charge is 2.33. The molecule has 3 aromatic rings. The van der Waals surface area contributed by atoms with E-state index in [2.05, 4.69) is 25.6 Å². The van der Waals surface area contributed by atoms with Gasteiger partial charge in [-0.2, -0.15) is 5.10 Å². The first kappa shape index (κ1) is 14.1. The number of nitrogens with zero attached hydrogens (tertiary/aromatic N) is 5. The van der Waals surface area contributed by atoms with Gasteiger partial charge in [0.1, 0.15) is 5.01 Å². The molecule has 7 nitrogen and oxygen atoms in total. The van der Waals surface area contributed by atoms with Gasteiger partial charge in [0.05, 0.1) is 11.9 Å². The average Bonchev–Trinajstić information content (AvgIpc) is 3.12. The Morgan fingerprint density at radius 1 is 1.33 bits per heavy atom. The summed E-state index contributed by atoms with van der Waals surface area (Å²) in [7, 11) is 1.84. The zero-order chi connectivity index (χ0) is 15.0. The Bertz CT molecular complexity index is 759. The van der Waals surface area contributed by atoms with Crippen molar-refractivity contribution in [1.29, 1.82) is 0 Å². The summed E-state index contributed by atoms with van der Waals surface area (Å²) in [5.74, 6) is 0. The molecule has 3 heterocycles. The number of hydrogen-bond acceptors (Lipinski definition) is 8. The minimum Gasteiger partial charge on any atom is -0.376 e. The van der Waals surface area contributed by atoms with Crippen molar-refractivity contribution in [2.24, 2.45) is 7.05 Å². The Kier molecular flexibility index (Phi) is 3.47. The van der Waals surface area contributed by atoms with Crippen molar-refractivity contribution >= 4 is 33.5 Å². The normalized spacial score (nSPS) is 14.1. The first-order chi connectivity index (χ1) is 9.95. The molecule has 0 aliphatic carbocycles. The first-order valence-electron chi connectivity index (χ1n) is 6.20. The van der Waals surface area contributed by atoms with Gasteiger partial charge in [0, 0.05) is 24.3 Å². The summed E-state index contributed by atoms with van der Waals surface area (Å²) in [4.78, 5) is 4.33. The van der Waals surface area contributed by atoms with Crippen molar-refractivity contribution < 1.29 is 5.11 Å². The van der Waals surface area contributed by atoms with E-state index in [1.807, 2.05) is 25.5 Å². The topological polar surface area (TPSA) is 88.8 Å². The molecule has 0 fully saturated rings. The van der Waals surface area contributed by atoms with E-state index >= 15 is 0 Å². The molecule has 3 rings (SSSR count). The Labute approximate surface area is 129 Å². The fourth-order valence-corrected chi connectivity index (χ4v) is 3.48. The Hall–Kier alpha value is -1.84. The van der Waals surface area contributed by atoms with Gasteiger partial charge in [0.25, 0.3) is 0 Å². The molecule has 0 aliphatic heterocycles. The predicted molar refractivity (Wildman–Crippen MR) is 81.9 cm³/mol. The van der Waals surface area contributed by atoms with Crippen LogP contribution in [0, 0.1) is 6.92 Å². The van der Waals surface area contributed by atoms with Crippen LogP contribution in [0.25, 0.3) is 0 Å². The van der Waals surface area contributed by atoms with Crippen LogP contribution in [-0.4, -0.2) is 30.1 Å². The van der Waals surface area contributed by atoms with Gasteiger partial charge < -0.3 is 10.4 Å². The molecule has 0 aromatic carbocycles. The molecule has 2 N–H and O–H groups in total. The Morgan fingerprint density at radius 2 is 2.14 bits per heavy atom. The number of aliphatic hydroxyl groups is 1. The van der Waals surface area contributed by atoms with Crippen LogP contribution in [0.4, 0.5) is 10.8 Å². The zero-order valence-corrected chi connectivity index (χ0v) is 13.4. The van der Waals surface area contributed by atoms with E-state index in [0.29, 0.717) is 15.1 Å². The molecule has 0 amide bonds. The molecule has 1 atom stereocenters. The van der Waals surface area contributed by atoms with Crippen molar-refractivity contribution in [3.8, 4) is 0 Å². The standard InChI is InChI=1S/C12H14N6OS2/c1-7-6-20-9(14-7)12(2,19)10-16-17-11(21-10)15-8-4-13-18(3)5-8/h4-6,19H,1-3H3,(H,15,17). The lowest BCUT2D eigenvalue weighted by Gasteiger charge is -2.16. The van der Waals surface area contributed by atoms with Crippen molar-refractivity contribution in [3.63, 3.8) is 0 Å². The van der Waals surface area contributed by atoms with Crippen LogP contribution in [0.2, 0.25) is 0 Å². The van der Waals surface area contributed by atoms with E-state index in [0.717, 1.165) is 11.4 Å². The van der Waals surface area contributed by atoms with Crippen LogP contribution >= 0.6 is 22.7 Å². The van der Waals surface area contributed by atoms with E-state index in [1.165, 1.54) is 22.7 Å². The van der Waals surface area contributed by atoms with Crippen molar-refractivity contribution in [2.75, 3.05) is 5.32 Å². The fourth-order valence-electron chi connectivity index (χ4n) is 1.75. The van der Waals surface area contributed by atoms with Gasteiger partial charge in [-0.3, -0.25) is 4.68 Å². The van der Waals surface area contributed by atoms with Gasteiger partial charge in [-0.15, -0.1) is 21.5 Å². The predicted octanol–water partition coefficient (Wildman–Crippen LogP) is 2.04. The van der Waals surface area contributed by atoms with Gasteiger partial charge in [-0.1, -0.05) is 11.3 Å². The number of hydrogen-bond donors (Lipinski definition) is 2. The van der Waals surface area contributed by atoms with Gasteiger partial charge in [-0.05, 0) is 13.8 Å². The second-order valence-electron chi connectivity index (χ2n) is 4.81. The summed E-state index contributed by atoms with van der Waals surface area (Å²) in [6.07, 6.45) is 3.53. The van der Waals surface area contributed by atoms with Crippen LogP contribution in [0.15, 0.2) is 17.8 Å². The van der Waals surface area contributed by atoms with E-state index in [1.54, 1.807) is 17.8 Å². The molecule has 21 heavy (non-hydrogen) atoms. The van der Waals surface area contributed by atoms with Crippen molar-refractivity contribution in [2.45, 2.75) is 19.4 Å². The minimum atomic E-state index is -1.23. The summed E-state index contributed by atoms with van der Waals surface area (Å²) in [5.41, 5.74) is 0.476. The first-order valence-corrected chi connectivity index (χ1v) is 7.89. The maximum absolute atomic E-state index is 10.7. The molecular formula is C12H14N6OS2. The van der Waals surface area contributed by atoms with Crippen LogP contribution in [0.1, 0.15) is 22.6 Å². The molecule has 0 saturated carbocycles. The van der Waals surface area contributed by atoms with E-state index in [-0.39, 0.29) is 0 Å². The Balaban J connectivity index is 1.84. The smallest absolute Gasteiger partial charge is 0.210 e. The van der Waals surface area contributed by atoms with Gasteiger partial charge in [0.2, 0.25) is 5.13 Å². The molecule has 0 bridgehead atoms. The molecule has 3 aromatic heterocycles. The number of nitrogens with one attached hydrogen (secondary N) is 1. The van der Waals surface area contributed by atoms with Gasteiger partial charge in [0.15, 0.2) is 10.6 Å². The molecule has 110 valence electrons. The lowest BCUT2D eigenvalue weighted by Crippen LogP contribution is -2.22. The number of aryl methyl sites for hydroxylation is 2. The van der Waals surface area contributed by atoms with Crippen LogP contribution in [0.5, 0.6) is 0 Å². The maximum atomic E-state index is 10.7. The van der Waals surface area contributed by atoms with Crippen LogP contribution < -0.4 is 5.32 Å². The third kappa shape index (κ3) is 2.80. The Morgan fingerprint density at radius 3 is 2.76 bits per heavy atom.